The number of hydrogen-bond donors (Lipinski definition) is 2. The molecule has 0 aliphatic rings. The quantitative estimate of drug-likeness (QED) is 0.607. The van der Waals surface area contributed by atoms with Gasteiger partial charge in [-0.2, -0.15) is 0 Å². The Hall–Kier alpha value is -2.92. The summed E-state index contributed by atoms with van der Waals surface area (Å²) in [5.74, 6) is 0.484. The number of thiocarbonyl (C=S) groups is 1. The van der Waals surface area contributed by atoms with E-state index in [1.54, 1.807) is 12.1 Å². The zero-order chi connectivity index (χ0) is 19.6. The van der Waals surface area contributed by atoms with Crippen LogP contribution < -0.4 is 10.6 Å². The van der Waals surface area contributed by atoms with Crippen LogP contribution in [0.25, 0.3) is 11.3 Å². The molecule has 0 aliphatic heterocycles. The average Bonchev–Trinajstić information content (AvgIpc) is 3.11. The monoisotopic (exact) mass is 378 g/mol. The minimum atomic E-state index is -0.382. The van der Waals surface area contributed by atoms with Crippen LogP contribution in [0.3, 0.4) is 0 Å². The van der Waals surface area contributed by atoms with Gasteiger partial charge in [0, 0.05) is 11.3 Å². The van der Waals surface area contributed by atoms with E-state index in [-0.39, 0.29) is 16.8 Å². The van der Waals surface area contributed by atoms with Crippen molar-refractivity contribution in [2.24, 2.45) is 0 Å². The van der Waals surface area contributed by atoms with Crippen LogP contribution in [-0.2, 0) is 0 Å². The Morgan fingerprint density at radius 3 is 2.37 bits per heavy atom. The predicted molar refractivity (Wildman–Crippen MR) is 113 cm³/mol. The Labute approximate surface area is 164 Å². The van der Waals surface area contributed by atoms with E-state index in [2.05, 4.69) is 17.6 Å². The number of anilines is 1. The van der Waals surface area contributed by atoms with Crippen LogP contribution in [0.1, 0.15) is 32.8 Å². The maximum atomic E-state index is 12.4. The van der Waals surface area contributed by atoms with E-state index in [0.717, 1.165) is 22.4 Å². The lowest BCUT2D eigenvalue weighted by molar-refractivity contribution is 0.0951. The molecule has 1 aromatic heterocycles. The van der Waals surface area contributed by atoms with Crippen molar-refractivity contribution in [1.29, 1.82) is 0 Å². The fraction of sp³-hybridized carbons (Fsp3) is 0.182. The zero-order valence-corrected chi connectivity index (χ0v) is 16.7. The number of rotatable bonds is 3. The van der Waals surface area contributed by atoms with Crippen LogP contribution in [-0.4, -0.2) is 11.0 Å². The molecule has 2 N–H and O–H groups in total. The molecule has 1 amide bonds. The molecule has 0 fully saturated rings. The SMILES string of the molecule is Cc1ccc(C)c(NC(=S)NC(=O)c2ccc(-c3ccc(C)c(C)c3)o2)c1. The Bertz CT molecular complexity index is 1020. The third-order valence-corrected chi connectivity index (χ3v) is 4.69. The van der Waals surface area contributed by atoms with Crippen molar-refractivity contribution in [2.75, 3.05) is 5.32 Å². The molecule has 0 unspecified atom stereocenters. The van der Waals surface area contributed by atoms with Gasteiger partial charge in [-0.25, -0.2) is 0 Å². The van der Waals surface area contributed by atoms with Gasteiger partial charge in [-0.05, 0) is 86.4 Å². The first kappa shape index (κ1) is 18.9. The van der Waals surface area contributed by atoms with Gasteiger partial charge in [0.25, 0.3) is 5.91 Å². The molecule has 1 heterocycles. The summed E-state index contributed by atoms with van der Waals surface area (Å²) in [6.07, 6.45) is 0. The number of carbonyl (C=O) groups is 1. The molecule has 4 nitrogen and oxygen atoms in total. The number of benzene rings is 2. The molecule has 27 heavy (non-hydrogen) atoms. The van der Waals surface area contributed by atoms with Gasteiger partial charge in [-0.15, -0.1) is 0 Å². The van der Waals surface area contributed by atoms with Crippen molar-refractivity contribution in [1.82, 2.24) is 5.32 Å². The Morgan fingerprint density at radius 2 is 1.63 bits per heavy atom. The van der Waals surface area contributed by atoms with Crippen LogP contribution in [0.15, 0.2) is 52.9 Å². The summed E-state index contributed by atoms with van der Waals surface area (Å²) in [6.45, 7) is 8.09. The van der Waals surface area contributed by atoms with Gasteiger partial charge in [-0.1, -0.05) is 24.3 Å². The first-order valence-electron chi connectivity index (χ1n) is 8.70. The van der Waals surface area contributed by atoms with Gasteiger partial charge in [-0.3, -0.25) is 10.1 Å². The molecule has 5 heteroatoms. The topological polar surface area (TPSA) is 54.3 Å². The van der Waals surface area contributed by atoms with Crippen molar-refractivity contribution in [2.45, 2.75) is 27.7 Å². The lowest BCUT2D eigenvalue weighted by Crippen LogP contribution is -2.34. The minimum Gasteiger partial charge on any atom is -0.451 e. The second-order valence-corrected chi connectivity index (χ2v) is 7.10. The van der Waals surface area contributed by atoms with Crippen LogP contribution in [0.2, 0.25) is 0 Å². The maximum absolute atomic E-state index is 12.4. The van der Waals surface area contributed by atoms with Gasteiger partial charge in [0.05, 0.1) is 0 Å². The molecule has 0 radical (unpaired) electrons. The van der Waals surface area contributed by atoms with Crippen molar-refractivity contribution in [3.8, 4) is 11.3 Å². The summed E-state index contributed by atoms with van der Waals surface area (Å²) in [7, 11) is 0. The first-order valence-corrected chi connectivity index (χ1v) is 9.11. The number of aryl methyl sites for hydroxylation is 4. The zero-order valence-electron chi connectivity index (χ0n) is 15.8. The molecular formula is C22H22N2O2S. The molecule has 0 saturated heterocycles. The second kappa shape index (κ2) is 7.76. The Kier molecular flexibility index (Phi) is 5.42. The molecule has 2 aromatic carbocycles. The third kappa shape index (κ3) is 4.44. The predicted octanol–water partition coefficient (Wildman–Crippen LogP) is 5.31. The van der Waals surface area contributed by atoms with Gasteiger partial charge < -0.3 is 9.73 Å². The fourth-order valence-electron chi connectivity index (χ4n) is 2.70. The average molecular weight is 378 g/mol. The molecule has 0 aliphatic carbocycles. The summed E-state index contributed by atoms with van der Waals surface area (Å²) in [5, 5.41) is 5.96. The summed E-state index contributed by atoms with van der Waals surface area (Å²) >= 11 is 5.26. The lowest BCUT2D eigenvalue weighted by atomic mass is 10.1. The molecule has 0 saturated carbocycles. The van der Waals surface area contributed by atoms with E-state index in [1.807, 2.05) is 57.2 Å². The number of amides is 1. The Morgan fingerprint density at radius 1 is 0.889 bits per heavy atom. The van der Waals surface area contributed by atoms with Crippen molar-refractivity contribution in [3.05, 3.63) is 76.5 Å². The molecular weight excluding hydrogens is 356 g/mol. The number of hydrogen-bond acceptors (Lipinski definition) is 3. The molecule has 0 bridgehead atoms. The summed E-state index contributed by atoms with van der Waals surface area (Å²) in [6, 6.07) is 15.5. The highest BCUT2D eigenvalue weighted by atomic mass is 32.1. The van der Waals surface area contributed by atoms with E-state index in [1.165, 1.54) is 11.1 Å². The van der Waals surface area contributed by atoms with Crippen molar-refractivity contribution in [3.63, 3.8) is 0 Å². The van der Waals surface area contributed by atoms with E-state index < -0.39 is 0 Å². The summed E-state index contributed by atoms with van der Waals surface area (Å²) < 4.78 is 5.72. The van der Waals surface area contributed by atoms with Crippen molar-refractivity contribution >= 4 is 28.9 Å². The van der Waals surface area contributed by atoms with Crippen LogP contribution >= 0.6 is 12.2 Å². The standard InChI is InChI=1S/C22H22N2O2S/c1-13-5-6-15(3)18(11-13)23-22(27)24-21(25)20-10-9-19(26-20)17-8-7-14(2)16(4)12-17/h5-12H,1-4H3,(H2,23,24,25,27). The number of furan rings is 1. The smallest absolute Gasteiger partial charge is 0.293 e. The van der Waals surface area contributed by atoms with Crippen LogP contribution in [0, 0.1) is 27.7 Å². The van der Waals surface area contributed by atoms with E-state index >= 15 is 0 Å². The van der Waals surface area contributed by atoms with Crippen LogP contribution in [0.5, 0.6) is 0 Å². The largest absolute Gasteiger partial charge is 0.451 e. The lowest BCUT2D eigenvalue weighted by Gasteiger charge is -2.11. The number of nitrogens with one attached hydrogen (secondary N) is 2. The van der Waals surface area contributed by atoms with E-state index in [4.69, 9.17) is 16.6 Å². The van der Waals surface area contributed by atoms with Gasteiger partial charge in [0.2, 0.25) is 0 Å². The molecule has 3 aromatic rings. The van der Waals surface area contributed by atoms with E-state index in [9.17, 15) is 4.79 Å². The molecule has 3 rings (SSSR count). The summed E-state index contributed by atoms with van der Waals surface area (Å²) in [5.41, 5.74) is 6.36. The molecule has 138 valence electrons. The highest BCUT2D eigenvalue weighted by Crippen LogP contribution is 2.24. The molecule has 0 atom stereocenters. The minimum absolute atomic E-state index is 0.216. The Balaban J connectivity index is 1.69. The first-order chi connectivity index (χ1) is 12.8. The third-order valence-electron chi connectivity index (χ3n) is 4.49. The van der Waals surface area contributed by atoms with Gasteiger partial charge in [0.1, 0.15) is 5.76 Å². The molecule has 0 spiro atoms. The second-order valence-electron chi connectivity index (χ2n) is 6.69. The normalized spacial score (nSPS) is 10.5. The van der Waals surface area contributed by atoms with Crippen molar-refractivity contribution < 1.29 is 9.21 Å². The van der Waals surface area contributed by atoms with Crippen LogP contribution in [0.4, 0.5) is 5.69 Å². The maximum Gasteiger partial charge on any atom is 0.293 e. The summed E-state index contributed by atoms with van der Waals surface area (Å²) in [4.78, 5) is 12.4. The van der Waals surface area contributed by atoms with E-state index in [0.29, 0.717) is 5.76 Å². The number of carbonyl (C=O) groups excluding carboxylic acids is 1. The highest BCUT2D eigenvalue weighted by molar-refractivity contribution is 7.80. The highest BCUT2D eigenvalue weighted by Gasteiger charge is 2.14. The van der Waals surface area contributed by atoms with Gasteiger partial charge in [0.15, 0.2) is 10.9 Å². The fourth-order valence-corrected chi connectivity index (χ4v) is 2.90. The van der Waals surface area contributed by atoms with Gasteiger partial charge >= 0.3 is 0 Å².